The SMILES string of the molecule is Brc1cc(Br)cc(-c2n[nH]c(C3CCCC3)n2)c1. The van der Waals surface area contributed by atoms with E-state index in [0.717, 1.165) is 26.2 Å². The van der Waals surface area contributed by atoms with Crippen LogP contribution in [0.2, 0.25) is 0 Å². The third-order valence-corrected chi connectivity index (χ3v) is 4.28. The van der Waals surface area contributed by atoms with Crippen LogP contribution in [0.25, 0.3) is 11.4 Å². The van der Waals surface area contributed by atoms with Crippen molar-refractivity contribution in [2.75, 3.05) is 0 Å². The zero-order valence-corrected chi connectivity index (χ0v) is 13.0. The molecule has 1 aliphatic rings. The van der Waals surface area contributed by atoms with Crippen LogP contribution in [0, 0.1) is 0 Å². The maximum absolute atomic E-state index is 4.64. The molecule has 0 bridgehead atoms. The van der Waals surface area contributed by atoms with E-state index in [1.54, 1.807) is 0 Å². The fourth-order valence-corrected chi connectivity index (χ4v) is 3.76. The number of aromatic amines is 1. The standard InChI is InChI=1S/C13H13Br2N3/c14-10-5-9(6-11(15)7-10)13-16-12(17-18-13)8-3-1-2-4-8/h5-8H,1-4H2,(H,16,17,18). The van der Waals surface area contributed by atoms with Crippen molar-refractivity contribution in [3.8, 4) is 11.4 Å². The molecule has 0 saturated heterocycles. The Labute approximate surface area is 123 Å². The highest BCUT2D eigenvalue weighted by atomic mass is 79.9. The second kappa shape index (κ2) is 5.13. The van der Waals surface area contributed by atoms with Crippen molar-refractivity contribution < 1.29 is 0 Å². The van der Waals surface area contributed by atoms with Crippen LogP contribution < -0.4 is 0 Å². The largest absolute Gasteiger partial charge is 0.262 e. The first-order chi connectivity index (χ1) is 8.72. The van der Waals surface area contributed by atoms with Gasteiger partial charge < -0.3 is 0 Å². The van der Waals surface area contributed by atoms with E-state index in [4.69, 9.17) is 0 Å². The summed E-state index contributed by atoms with van der Waals surface area (Å²) in [5, 5.41) is 7.43. The Morgan fingerprint density at radius 3 is 2.39 bits per heavy atom. The molecule has 94 valence electrons. The van der Waals surface area contributed by atoms with E-state index < -0.39 is 0 Å². The van der Waals surface area contributed by atoms with Gasteiger partial charge in [0, 0.05) is 20.4 Å². The predicted molar refractivity (Wildman–Crippen MR) is 78.4 cm³/mol. The molecule has 1 N–H and O–H groups in total. The first kappa shape index (κ1) is 12.4. The van der Waals surface area contributed by atoms with Crippen LogP contribution in [-0.2, 0) is 0 Å². The second-order valence-corrected chi connectivity index (χ2v) is 6.52. The molecular weight excluding hydrogens is 358 g/mol. The van der Waals surface area contributed by atoms with E-state index in [0.29, 0.717) is 5.92 Å². The molecule has 1 fully saturated rings. The van der Waals surface area contributed by atoms with E-state index in [1.165, 1.54) is 25.7 Å². The summed E-state index contributed by atoms with van der Waals surface area (Å²) >= 11 is 6.98. The molecule has 1 aromatic heterocycles. The lowest BCUT2D eigenvalue weighted by Crippen LogP contribution is -1.94. The van der Waals surface area contributed by atoms with Gasteiger partial charge in [0.1, 0.15) is 5.82 Å². The van der Waals surface area contributed by atoms with E-state index in [9.17, 15) is 0 Å². The van der Waals surface area contributed by atoms with Gasteiger partial charge in [-0.2, -0.15) is 5.10 Å². The number of hydrogen-bond acceptors (Lipinski definition) is 2. The molecule has 0 spiro atoms. The van der Waals surface area contributed by atoms with Gasteiger partial charge in [-0.1, -0.05) is 44.7 Å². The first-order valence-electron chi connectivity index (χ1n) is 6.11. The average molecular weight is 371 g/mol. The third-order valence-electron chi connectivity index (χ3n) is 3.37. The molecule has 0 radical (unpaired) electrons. The topological polar surface area (TPSA) is 41.6 Å². The van der Waals surface area contributed by atoms with Gasteiger partial charge in [-0.25, -0.2) is 4.98 Å². The number of nitrogens with one attached hydrogen (secondary N) is 1. The lowest BCUT2D eigenvalue weighted by atomic mass is 10.1. The Hall–Kier alpha value is -0.680. The van der Waals surface area contributed by atoms with Crippen LogP contribution in [-0.4, -0.2) is 15.2 Å². The summed E-state index contributed by atoms with van der Waals surface area (Å²) < 4.78 is 2.05. The molecule has 1 saturated carbocycles. The lowest BCUT2D eigenvalue weighted by molar-refractivity contribution is 0.672. The number of hydrogen-bond donors (Lipinski definition) is 1. The number of rotatable bonds is 2. The fraction of sp³-hybridized carbons (Fsp3) is 0.385. The zero-order valence-electron chi connectivity index (χ0n) is 9.79. The summed E-state index contributed by atoms with van der Waals surface area (Å²) in [6.45, 7) is 0. The van der Waals surface area contributed by atoms with Gasteiger partial charge in [0.25, 0.3) is 0 Å². The number of nitrogens with zero attached hydrogens (tertiary/aromatic N) is 2. The Kier molecular flexibility index (Phi) is 3.52. The maximum Gasteiger partial charge on any atom is 0.181 e. The Morgan fingerprint density at radius 1 is 1.06 bits per heavy atom. The summed E-state index contributed by atoms with van der Waals surface area (Å²) in [5.41, 5.74) is 1.02. The molecule has 2 aromatic rings. The van der Waals surface area contributed by atoms with Crippen LogP contribution >= 0.6 is 31.9 Å². The Balaban J connectivity index is 1.92. The molecule has 1 aliphatic carbocycles. The summed E-state index contributed by atoms with van der Waals surface area (Å²) in [6, 6.07) is 6.08. The van der Waals surface area contributed by atoms with Crippen LogP contribution in [0.5, 0.6) is 0 Å². The van der Waals surface area contributed by atoms with Crippen molar-refractivity contribution in [2.24, 2.45) is 0 Å². The molecule has 3 nitrogen and oxygen atoms in total. The third kappa shape index (κ3) is 2.52. The van der Waals surface area contributed by atoms with Crippen molar-refractivity contribution in [1.29, 1.82) is 0 Å². The van der Waals surface area contributed by atoms with Crippen LogP contribution in [0.4, 0.5) is 0 Å². The molecule has 0 amide bonds. The Bertz CT molecular complexity index is 539. The van der Waals surface area contributed by atoms with Crippen molar-refractivity contribution in [2.45, 2.75) is 31.6 Å². The minimum absolute atomic E-state index is 0.571. The molecule has 0 unspecified atom stereocenters. The lowest BCUT2D eigenvalue weighted by Gasteiger charge is -2.02. The summed E-state index contributed by atoms with van der Waals surface area (Å²) in [4.78, 5) is 4.64. The molecule has 0 atom stereocenters. The number of H-pyrrole nitrogens is 1. The van der Waals surface area contributed by atoms with E-state index in [1.807, 2.05) is 18.2 Å². The van der Waals surface area contributed by atoms with Crippen LogP contribution in [0.15, 0.2) is 27.1 Å². The summed E-state index contributed by atoms with van der Waals surface area (Å²) in [6.07, 6.45) is 5.08. The predicted octanol–water partition coefficient (Wildman–Crippen LogP) is 4.65. The zero-order chi connectivity index (χ0) is 12.5. The van der Waals surface area contributed by atoms with Crippen LogP contribution in [0.3, 0.4) is 0 Å². The second-order valence-electron chi connectivity index (χ2n) is 4.68. The highest BCUT2D eigenvalue weighted by molar-refractivity contribution is 9.11. The summed E-state index contributed by atoms with van der Waals surface area (Å²) in [7, 11) is 0. The quantitative estimate of drug-likeness (QED) is 0.835. The van der Waals surface area contributed by atoms with Crippen molar-refractivity contribution in [3.05, 3.63) is 33.0 Å². The van der Waals surface area contributed by atoms with Crippen LogP contribution in [0.1, 0.15) is 37.4 Å². The minimum atomic E-state index is 0.571. The Morgan fingerprint density at radius 2 is 1.72 bits per heavy atom. The average Bonchev–Trinajstić information content (AvgIpc) is 2.99. The monoisotopic (exact) mass is 369 g/mol. The normalized spacial score (nSPS) is 16.3. The molecule has 5 heteroatoms. The van der Waals surface area contributed by atoms with Gasteiger partial charge in [0.15, 0.2) is 5.82 Å². The molecule has 0 aliphatic heterocycles. The molecule has 1 heterocycles. The van der Waals surface area contributed by atoms with Gasteiger partial charge in [0.05, 0.1) is 0 Å². The smallest absolute Gasteiger partial charge is 0.181 e. The van der Waals surface area contributed by atoms with E-state index in [2.05, 4.69) is 47.0 Å². The molecule has 1 aromatic carbocycles. The van der Waals surface area contributed by atoms with Gasteiger partial charge in [-0.15, -0.1) is 0 Å². The number of benzene rings is 1. The van der Waals surface area contributed by atoms with E-state index >= 15 is 0 Å². The highest BCUT2D eigenvalue weighted by Gasteiger charge is 2.20. The van der Waals surface area contributed by atoms with Gasteiger partial charge in [0.2, 0.25) is 0 Å². The van der Waals surface area contributed by atoms with E-state index in [-0.39, 0.29) is 0 Å². The minimum Gasteiger partial charge on any atom is -0.262 e. The van der Waals surface area contributed by atoms with Crippen molar-refractivity contribution in [3.63, 3.8) is 0 Å². The van der Waals surface area contributed by atoms with Gasteiger partial charge in [-0.3, -0.25) is 5.10 Å². The van der Waals surface area contributed by atoms with Crippen molar-refractivity contribution >= 4 is 31.9 Å². The molecule has 3 rings (SSSR count). The number of aromatic nitrogens is 3. The molecule has 18 heavy (non-hydrogen) atoms. The maximum atomic E-state index is 4.64. The highest BCUT2D eigenvalue weighted by Crippen LogP contribution is 2.33. The van der Waals surface area contributed by atoms with Gasteiger partial charge in [-0.05, 0) is 31.0 Å². The summed E-state index contributed by atoms with van der Waals surface area (Å²) in [5.74, 6) is 2.39. The molecular formula is C13H13Br2N3. The number of halogens is 2. The first-order valence-corrected chi connectivity index (χ1v) is 7.70. The fourth-order valence-electron chi connectivity index (χ4n) is 2.47. The van der Waals surface area contributed by atoms with Gasteiger partial charge >= 0.3 is 0 Å². The van der Waals surface area contributed by atoms with Crippen molar-refractivity contribution in [1.82, 2.24) is 15.2 Å².